The summed E-state index contributed by atoms with van der Waals surface area (Å²) in [6.07, 6.45) is 1.48. The minimum absolute atomic E-state index is 0.00326. The van der Waals surface area contributed by atoms with Crippen molar-refractivity contribution in [2.75, 3.05) is 6.16 Å². The van der Waals surface area contributed by atoms with Crippen LogP contribution in [-0.2, 0) is 4.57 Å². The maximum Gasteiger partial charge on any atom is 0.325 e. The lowest BCUT2D eigenvalue weighted by atomic mass is 9.85. The molecule has 0 saturated heterocycles. The minimum atomic E-state index is -3.96. The molecule has 0 heterocycles. The summed E-state index contributed by atoms with van der Waals surface area (Å²) in [6.45, 7) is 0. The molecule has 0 aromatic heterocycles. The average Bonchev–Trinajstić information content (AvgIpc) is 2.42. The van der Waals surface area contributed by atoms with Gasteiger partial charge in [0.1, 0.15) is 0 Å². The van der Waals surface area contributed by atoms with Gasteiger partial charge in [-0.3, -0.25) is 4.57 Å². The van der Waals surface area contributed by atoms with E-state index in [2.05, 4.69) is 10.0 Å². The Kier molecular flexibility index (Phi) is 4.23. The van der Waals surface area contributed by atoms with Crippen molar-refractivity contribution in [2.45, 2.75) is 31.1 Å². The lowest BCUT2D eigenvalue weighted by Crippen LogP contribution is -2.12. The van der Waals surface area contributed by atoms with E-state index in [-0.39, 0.29) is 23.9 Å². The third-order valence-electron chi connectivity index (χ3n) is 2.69. The molecule has 0 aromatic carbocycles. The maximum atomic E-state index is 10.7. The summed E-state index contributed by atoms with van der Waals surface area (Å²) in [5.74, 6) is -0.0224. The van der Waals surface area contributed by atoms with E-state index in [1.165, 1.54) is 0 Å². The molecule has 3 atom stereocenters. The minimum Gasteiger partial charge on any atom is -0.324 e. The molecule has 0 amide bonds. The van der Waals surface area contributed by atoms with Gasteiger partial charge in [0, 0.05) is 11.0 Å². The first-order chi connectivity index (χ1) is 6.92. The van der Waals surface area contributed by atoms with Crippen molar-refractivity contribution in [1.29, 1.82) is 0 Å². The summed E-state index contributed by atoms with van der Waals surface area (Å²) < 4.78 is 10.7. The van der Waals surface area contributed by atoms with Crippen molar-refractivity contribution < 1.29 is 14.4 Å². The molecule has 2 N–H and O–H groups in total. The fourth-order valence-electron chi connectivity index (χ4n) is 2.00. The molecule has 1 rings (SSSR count). The number of azide groups is 1. The molecule has 0 bridgehead atoms. The highest BCUT2D eigenvalue weighted by Gasteiger charge is 2.32. The molecule has 6 nitrogen and oxygen atoms in total. The Morgan fingerprint density at radius 2 is 2.20 bits per heavy atom. The van der Waals surface area contributed by atoms with Crippen molar-refractivity contribution >= 4 is 15.4 Å². The highest BCUT2D eigenvalue weighted by atomic mass is 31.2. The van der Waals surface area contributed by atoms with Crippen LogP contribution in [0.1, 0.15) is 19.3 Å². The summed E-state index contributed by atoms with van der Waals surface area (Å²) in [6, 6.07) is -0.212. The van der Waals surface area contributed by atoms with Crippen molar-refractivity contribution in [2.24, 2.45) is 11.0 Å². The number of nitrogens with zero attached hydrogens (tertiary/aromatic N) is 3. The van der Waals surface area contributed by atoms with Gasteiger partial charge in [0.25, 0.3) is 0 Å². The third kappa shape index (κ3) is 4.26. The van der Waals surface area contributed by atoms with Crippen molar-refractivity contribution in [3.8, 4) is 0 Å². The van der Waals surface area contributed by atoms with Crippen molar-refractivity contribution in [1.82, 2.24) is 0 Å². The normalized spacial score (nSPS) is 31.2. The van der Waals surface area contributed by atoms with Gasteiger partial charge in [0.05, 0.1) is 14.0 Å². The summed E-state index contributed by atoms with van der Waals surface area (Å²) in [5, 5.41) is 3.60. The fourth-order valence-corrected chi connectivity index (χ4v) is 2.66. The zero-order valence-corrected chi connectivity index (χ0v) is 9.12. The average molecular weight is 229 g/mol. The molecule has 0 aliphatic heterocycles. The second-order valence-electron chi connectivity index (χ2n) is 3.94. The third-order valence-corrected chi connectivity index (χ3v) is 3.53. The summed E-state index contributed by atoms with van der Waals surface area (Å²) >= 11 is 0. The van der Waals surface area contributed by atoms with E-state index in [9.17, 15) is 4.57 Å². The first kappa shape index (κ1) is 12.6. The molecule has 8 heteroatoms. The van der Waals surface area contributed by atoms with Crippen LogP contribution in [0.3, 0.4) is 0 Å². The van der Waals surface area contributed by atoms with Crippen LogP contribution in [0.25, 0.3) is 10.4 Å². The number of rotatable bonds is 4. The second kappa shape index (κ2) is 5.04. The predicted molar refractivity (Wildman–Crippen MR) is 56.7 cm³/mol. The largest absolute Gasteiger partial charge is 0.325 e. The molecule has 3 unspecified atom stereocenters. The van der Waals surface area contributed by atoms with Crippen molar-refractivity contribution in [3.05, 3.63) is 10.4 Å². The van der Waals surface area contributed by atoms with Crippen LogP contribution in [0.4, 0.5) is 0 Å². The molecule has 1 aliphatic carbocycles. The van der Waals surface area contributed by atoms with Crippen LogP contribution in [0, 0.1) is 5.92 Å². The van der Waals surface area contributed by atoms with E-state index in [1.54, 1.807) is 0 Å². The topological polar surface area (TPSA) is 106 Å². The van der Waals surface area contributed by atoms with Gasteiger partial charge in [-0.05, 0) is 24.3 Å². The van der Waals surface area contributed by atoms with Gasteiger partial charge in [-0.2, -0.15) is 0 Å². The second-order valence-corrected chi connectivity index (χ2v) is 5.72. The quantitative estimate of drug-likeness (QED) is 0.251. The molecular weight excluding hydrogens is 216 g/mol. The highest BCUT2D eigenvalue weighted by molar-refractivity contribution is 7.51. The zero-order valence-electron chi connectivity index (χ0n) is 8.23. The Hall–Kier alpha value is -0.475. The Morgan fingerprint density at radius 3 is 2.73 bits per heavy atom. The SMILES string of the molecule is [B]C1CC(CCP(=O)(O)O)C(N=[N+]=[N-])C1. The molecule has 1 saturated carbocycles. The van der Waals surface area contributed by atoms with E-state index in [0.717, 1.165) is 0 Å². The predicted octanol–water partition coefficient (Wildman–Crippen LogP) is 1.60. The van der Waals surface area contributed by atoms with E-state index in [1.807, 2.05) is 0 Å². The maximum absolute atomic E-state index is 10.7. The molecule has 0 aromatic rings. The van der Waals surface area contributed by atoms with Crippen LogP contribution < -0.4 is 0 Å². The molecular formula is C7H13BN3O3P. The molecule has 1 fully saturated rings. The molecule has 2 radical (unpaired) electrons. The van der Waals surface area contributed by atoms with E-state index in [4.69, 9.17) is 23.2 Å². The van der Waals surface area contributed by atoms with Crippen LogP contribution >= 0.6 is 7.60 Å². The Labute approximate surface area is 89.3 Å². The summed E-state index contributed by atoms with van der Waals surface area (Å²) in [5.41, 5.74) is 8.32. The van der Waals surface area contributed by atoms with Crippen LogP contribution in [0.2, 0.25) is 5.82 Å². The zero-order chi connectivity index (χ0) is 11.5. The number of hydrogen-bond donors (Lipinski definition) is 2. The van der Waals surface area contributed by atoms with Crippen LogP contribution in [0.15, 0.2) is 5.11 Å². The van der Waals surface area contributed by atoms with E-state index < -0.39 is 7.60 Å². The first-order valence-corrected chi connectivity index (χ1v) is 6.56. The van der Waals surface area contributed by atoms with Gasteiger partial charge in [-0.1, -0.05) is 17.4 Å². The number of hydrogen-bond acceptors (Lipinski definition) is 2. The van der Waals surface area contributed by atoms with Crippen LogP contribution in [0.5, 0.6) is 0 Å². The fraction of sp³-hybridized carbons (Fsp3) is 1.00. The molecule has 82 valence electrons. The van der Waals surface area contributed by atoms with E-state index >= 15 is 0 Å². The Bertz CT molecular complexity index is 315. The lowest BCUT2D eigenvalue weighted by molar-refractivity contribution is 0.362. The Balaban J connectivity index is 2.52. The van der Waals surface area contributed by atoms with Crippen LogP contribution in [-0.4, -0.2) is 29.8 Å². The highest BCUT2D eigenvalue weighted by Crippen LogP contribution is 2.42. The van der Waals surface area contributed by atoms with Gasteiger partial charge in [0.2, 0.25) is 0 Å². The first-order valence-electron chi connectivity index (χ1n) is 4.76. The van der Waals surface area contributed by atoms with Gasteiger partial charge in [-0.15, -0.1) is 0 Å². The summed E-state index contributed by atoms with van der Waals surface area (Å²) in [4.78, 5) is 20.2. The standard InChI is InChI=1S/C7H13BN3O3P/c8-6-3-5(1-2-15(12,13)14)7(4-6)10-11-9/h5-7H,1-4H2,(H2,12,13,14). The molecule has 0 spiro atoms. The Morgan fingerprint density at radius 1 is 1.53 bits per heavy atom. The lowest BCUT2D eigenvalue weighted by Gasteiger charge is -2.14. The van der Waals surface area contributed by atoms with Gasteiger partial charge < -0.3 is 9.79 Å². The van der Waals surface area contributed by atoms with E-state index in [0.29, 0.717) is 19.3 Å². The van der Waals surface area contributed by atoms with Gasteiger partial charge in [-0.25, -0.2) is 0 Å². The molecule has 15 heavy (non-hydrogen) atoms. The smallest absolute Gasteiger partial charge is 0.324 e. The van der Waals surface area contributed by atoms with Gasteiger partial charge >= 0.3 is 7.60 Å². The van der Waals surface area contributed by atoms with Gasteiger partial charge in [0.15, 0.2) is 0 Å². The van der Waals surface area contributed by atoms with Crippen molar-refractivity contribution in [3.63, 3.8) is 0 Å². The monoisotopic (exact) mass is 229 g/mol. The molecule has 1 aliphatic rings. The summed E-state index contributed by atoms with van der Waals surface area (Å²) in [7, 11) is 1.75.